The third-order valence-corrected chi connectivity index (χ3v) is 9.92. The molecule has 2 aromatic carbocycles. The maximum Gasteiger partial charge on any atom is 0.411 e. The van der Waals surface area contributed by atoms with Crippen LogP contribution in [0.25, 0.3) is 0 Å². The number of aryl methyl sites for hydroxylation is 1. The molecule has 1 heterocycles. The van der Waals surface area contributed by atoms with E-state index >= 15 is 0 Å². The van der Waals surface area contributed by atoms with Crippen LogP contribution in [0.4, 0.5) is 10.5 Å². The monoisotopic (exact) mass is 666 g/mol. The van der Waals surface area contributed by atoms with E-state index < -0.39 is 33.8 Å². The van der Waals surface area contributed by atoms with E-state index in [1.807, 2.05) is 76.2 Å². The second-order valence-electron chi connectivity index (χ2n) is 14.2. The van der Waals surface area contributed by atoms with Gasteiger partial charge in [0.05, 0.1) is 12.7 Å². The van der Waals surface area contributed by atoms with Gasteiger partial charge >= 0.3 is 6.09 Å². The highest BCUT2D eigenvalue weighted by Gasteiger charge is 2.52. The normalized spacial score (nSPS) is 19.7. The van der Waals surface area contributed by atoms with Gasteiger partial charge < -0.3 is 14.8 Å². The number of piperidine rings is 1. The number of anilines is 1. The fourth-order valence-electron chi connectivity index (χ4n) is 6.27. The van der Waals surface area contributed by atoms with Crippen molar-refractivity contribution < 1.29 is 23.9 Å². The minimum absolute atomic E-state index is 0. The van der Waals surface area contributed by atoms with Crippen LogP contribution < -0.4 is 10.2 Å². The summed E-state index contributed by atoms with van der Waals surface area (Å²) in [4.78, 5) is 43.8. The summed E-state index contributed by atoms with van der Waals surface area (Å²) in [5.41, 5.74) is 2.36. The van der Waals surface area contributed by atoms with Crippen molar-refractivity contribution in [1.82, 2.24) is 10.2 Å². The molecule has 258 valence electrons. The summed E-state index contributed by atoms with van der Waals surface area (Å²) in [6.07, 6.45) is 9.66. The average molecular weight is 667 g/mol. The molecular formula is C37H54N4O5S. The molecule has 4 unspecified atom stereocenters. The van der Waals surface area contributed by atoms with Gasteiger partial charge in [-0.1, -0.05) is 44.7 Å². The van der Waals surface area contributed by atoms with Crippen LogP contribution in [0, 0.1) is 17.2 Å². The molecule has 1 aliphatic heterocycles. The Labute approximate surface area is 283 Å². The van der Waals surface area contributed by atoms with Gasteiger partial charge in [-0.25, -0.2) is 14.8 Å². The van der Waals surface area contributed by atoms with Gasteiger partial charge in [-0.2, -0.15) is 5.26 Å². The van der Waals surface area contributed by atoms with Crippen LogP contribution in [-0.4, -0.2) is 84.4 Å². The Hall–Kier alpha value is -3.55. The van der Waals surface area contributed by atoms with Gasteiger partial charge in [-0.15, -0.1) is 0 Å². The fraction of sp³-hybridized carbons (Fsp3) is 0.568. The zero-order valence-corrected chi connectivity index (χ0v) is 29.2. The van der Waals surface area contributed by atoms with E-state index in [2.05, 4.69) is 30.2 Å². The molecule has 2 aromatic rings. The lowest BCUT2D eigenvalue weighted by atomic mass is 9.97. The SMILES string of the molecule is C.CCc1ccccc1C(=O)N(COCCS(C)(C)C)c1cccc(CC(C#N)NC(=O)C2C3CCC(C3)N2C(=O)OC(C)(C)C)c1. The van der Waals surface area contributed by atoms with Crippen LogP contribution in [0.15, 0.2) is 48.5 Å². The predicted octanol–water partition coefficient (Wildman–Crippen LogP) is 6.54. The van der Waals surface area contributed by atoms with Gasteiger partial charge in [-0.05, 0) is 100 Å². The number of benzene rings is 2. The number of nitrogens with one attached hydrogen (secondary N) is 1. The molecular weight excluding hydrogens is 612 g/mol. The molecule has 0 aromatic heterocycles. The van der Waals surface area contributed by atoms with Gasteiger partial charge in [0, 0.05) is 29.5 Å². The smallest absolute Gasteiger partial charge is 0.411 e. The molecule has 4 rings (SSSR count). The predicted molar refractivity (Wildman–Crippen MR) is 191 cm³/mol. The van der Waals surface area contributed by atoms with Gasteiger partial charge in [0.1, 0.15) is 24.4 Å². The molecule has 4 atom stereocenters. The van der Waals surface area contributed by atoms with Crippen LogP contribution in [0.2, 0.25) is 0 Å². The second kappa shape index (κ2) is 16.0. The van der Waals surface area contributed by atoms with Crippen molar-refractivity contribution in [2.24, 2.45) is 5.92 Å². The first-order valence-corrected chi connectivity index (χ1v) is 19.2. The molecule has 3 amide bonds. The highest BCUT2D eigenvalue weighted by Crippen LogP contribution is 2.43. The molecule has 10 heteroatoms. The topological polar surface area (TPSA) is 112 Å². The van der Waals surface area contributed by atoms with E-state index in [0.29, 0.717) is 17.9 Å². The van der Waals surface area contributed by atoms with E-state index in [9.17, 15) is 19.6 Å². The Morgan fingerprint density at radius 1 is 1.11 bits per heavy atom. The average Bonchev–Trinajstić information content (AvgIpc) is 3.61. The summed E-state index contributed by atoms with van der Waals surface area (Å²) in [6.45, 7) is 8.10. The summed E-state index contributed by atoms with van der Waals surface area (Å²) in [5.74, 6) is 0.494. The van der Waals surface area contributed by atoms with Gasteiger partial charge in [0.15, 0.2) is 0 Å². The lowest BCUT2D eigenvalue weighted by Gasteiger charge is -2.35. The molecule has 2 aliphatic rings. The summed E-state index contributed by atoms with van der Waals surface area (Å²) in [5, 5.41) is 13.0. The number of ether oxygens (including phenoxy) is 2. The summed E-state index contributed by atoms with van der Waals surface area (Å²) >= 11 is 0. The molecule has 1 aliphatic carbocycles. The number of hydrogen-bond donors (Lipinski definition) is 1. The van der Waals surface area contributed by atoms with E-state index in [0.717, 1.165) is 42.6 Å². The van der Waals surface area contributed by atoms with Crippen molar-refractivity contribution in [2.75, 3.05) is 42.8 Å². The number of carbonyl (C=O) groups is 3. The maximum atomic E-state index is 13.9. The van der Waals surface area contributed by atoms with Crippen LogP contribution >= 0.6 is 10.0 Å². The van der Waals surface area contributed by atoms with Crippen molar-refractivity contribution in [3.8, 4) is 6.07 Å². The quantitative estimate of drug-likeness (QED) is 0.204. The Morgan fingerprint density at radius 3 is 2.49 bits per heavy atom. The number of carbonyl (C=O) groups excluding carboxylic acids is 3. The van der Waals surface area contributed by atoms with Gasteiger partial charge in [-0.3, -0.25) is 19.4 Å². The number of fused-ring (bicyclic) bond motifs is 2. The van der Waals surface area contributed by atoms with Crippen LogP contribution in [0.1, 0.15) is 75.9 Å². The standard InChI is InChI=1S/C36H50N4O5S.CH4/c1-8-26-13-9-10-15-31(26)34(42)39(24-44-18-19-46(5,6)7)29-14-11-12-25(21-29)20-28(23-37)38-33(41)32-27-16-17-30(22-27)40(32)35(43)45-36(2,3)4;/h9-15,21,27-28,30,32H,8,16-20,22,24H2,1-7H3,(H,38,41);1H4. The van der Waals surface area contributed by atoms with Crippen molar-refractivity contribution in [3.63, 3.8) is 0 Å². The molecule has 2 bridgehead atoms. The Kier molecular flexibility index (Phi) is 12.9. The van der Waals surface area contributed by atoms with Crippen molar-refractivity contribution in [2.45, 2.75) is 91.0 Å². The first-order valence-electron chi connectivity index (χ1n) is 16.1. The van der Waals surface area contributed by atoms with E-state index in [4.69, 9.17) is 9.47 Å². The number of amides is 3. The van der Waals surface area contributed by atoms with Gasteiger partial charge in [0.25, 0.3) is 5.91 Å². The maximum absolute atomic E-state index is 13.9. The zero-order valence-electron chi connectivity index (χ0n) is 28.4. The molecule has 1 N–H and O–H groups in total. The van der Waals surface area contributed by atoms with E-state index in [-0.39, 0.29) is 44.4 Å². The second-order valence-corrected chi connectivity index (χ2v) is 18.8. The van der Waals surface area contributed by atoms with E-state index in [1.165, 1.54) is 0 Å². The van der Waals surface area contributed by atoms with Crippen LogP contribution in [-0.2, 0) is 27.1 Å². The Balaban J connectivity index is 0.00000600. The minimum Gasteiger partial charge on any atom is -0.444 e. The molecule has 1 saturated heterocycles. The third kappa shape index (κ3) is 9.97. The van der Waals surface area contributed by atoms with Crippen molar-refractivity contribution in [1.29, 1.82) is 5.26 Å². The number of likely N-dealkylation sites (tertiary alicyclic amines) is 1. The number of rotatable bonds is 12. The van der Waals surface area contributed by atoms with Crippen molar-refractivity contribution >= 4 is 33.6 Å². The fourth-order valence-corrected chi connectivity index (χ4v) is 6.89. The largest absolute Gasteiger partial charge is 0.444 e. The minimum atomic E-state index is -0.821. The lowest BCUT2D eigenvalue weighted by Crippen LogP contribution is -2.55. The first kappa shape index (κ1) is 37.9. The third-order valence-electron chi connectivity index (χ3n) is 8.53. The molecule has 0 radical (unpaired) electrons. The number of nitriles is 1. The number of nitrogens with zero attached hydrogens (tertiary/aromatic N) is 3. The van der Waals surface area contributed by atoms with E-state index in [1.54, 1.807) is 9.80 Å². The zero-order chi connectivity index (χ0) is 33.6. The van der Waals surface area contributed by atoms with Gasteiger partial charge in [0.2, 0.25) is 5.91 Å². The van der Waals surface area contributed by atoms with Crippen LogP contribution in [0.5, 0.6) is 0 Å². The molecule has 0 spiro atoms. The summed E-state index contributed by atoms with van der Waals surface area (Å²) in [6, 6.07) is 15.8. The highest BCUT2D eigenvalue weighted by molar-refractivity contribution is 8.32. The molecule has 47 heavy (non-hydrogen) atoms. The van der Waals surface area contributed by atoms with Crippen LogP contribution in [0.3, 0.4) is 0 Å². The molecule has 1 saturated carbocycles. The lowest BCUT2D eigenvalue weighted by molar-refractivity contribution is -0.128. The summed E-state index contributed by atoms with van der Waals surface area (Å²) in [7, 11) is -0.751. The Bertz CT molecular complexity index is 1440. The summed E-state index contributed by atoms with van der Waals surface area (Å²) < 4.78 is 11.7. The Morgan fingerprint density at radius 2 is 1.83 bits per heavy atom. The van der Waals surface area contributed by atoms with Crippen molar-refractivity contribution in [3.05, 3.63) is 65.2 Å². The number of hydrogen-bond acceptors (Lipinski definition) is 6. The highest BCUT2D eigenvalue weighted by atomic mass is 32.3. The first-order chi connectivity index (χ1) is 21.7. The molecule has 2 fully saturated rings. The molecule has 9 nitrogen and oxygen atoms in total.